The number of nitrogens with zero attached hydrogens (tertiary/aromatic N) is 1. The minimum Gasteiger partial charge on any atom is -0.481 e. The lowest BCUT2D eigenvalue weighted by Gasteiger charge is -2.05. The second-order valence-corrected chi connectivity index (χ2v) is 4.47. The Balaban J connectivity index is 2.28. The molecule has 0 aliphatic rings. The third kappa shape index (κ3) is 5.73. The van der Waals surface area contributed by atoms with Gasteiger partial charge in [0, 0.05) is 19.4 Å². The fourth-order valence-corrected chi connectivity index (χ4v) is 1.64. The zero-order chi connectivity index (χ0) is 15.0. The highest BCUT2D eigenvalue weighted by atomic mass is 16.4. The van der Waals surface area contributed by atoms with E-state index in [1.54, 1.807) is 0 Å². The van der Waals surface area contributed by atoms with Gasteiger partial charge in [0.15, 0.2) is 5.89 Å². The van der Waals surface area contributed by atoms with Crippen LogP contribution in [-0.4, -0.2) is 28.6 Å². The Morgan fingerprint density at radius 3 is 2.75 bits per heavy atom. The lowest BCUT2D eigenvalue weighted by Crippen LogP contribution is -2.35. The minimum atomic E-state index is -0.868. The van der Waals surface area contributed by atoms with Gasteiger partial charge in [0.2, 0.25) is 0 Å². The van der Waals surface area contributed by atoms with Gasteiger partial charge in [-0.3, -0.25) is 4.79 Å². The van der Waals surface area contributed by atoms with Crippen LogP contribution in [0.4, 0.5) is 4.79 Å². The predicted molar refractivity (Wildman–Crippen MR) is 72.3 cm³/mol. The number of aromatic nitrogens is 1. The van der Waals surface area contributed by atoms with Crippen molar-refractivity contribution in [3.05, 3.63) is 17.3 Å². The molecule has 0 aliphatic heterocycles. The van der Waals surface area contributed by atoms with Gasteiger partial charge in [-0.25, -0.2) is 9.78 Å². The highest BCUT2D eigenvalue weighted by Crippen LogP contribution is 2.11. The van der Waals surface area contributed by atoms with Crippen molar-refractivity contribution < 1.29 is 19.1 Å². The fraction of sp³-hybridized carbons (Fsp3) is 0.615. The molecule has 0 spiro atoms. The summed E-state index contributed by atoms with van der Waals surface area (Å²) in [7, 11) is 0. The molecule has 112 valence electrons. The number of amides is 2. The maximum absolute atomic E-state index is 11.5. The zero-order valence-electron chi connectivity index (χ0n) is 11.9. The molecule has 0 aromatic carbocycles. The number of carbonyl (C=O) groups excluding carboxylic acids is 1. The number of oxazole rings is 1. The molecule has 1 aromatic heterocycles. The van der Waals surface area contributed by atoms with Crippen LogP contribution in [-0.2, 0) is 17.8 Å². The minimum absolute atomic E-state index is 0.0435. The van der Waals surface area contributed by atoms with Crippen LogP contribution in [0.5, 0.6) is 0 Å². The summed E-state index contributed by atoms with van der Waals surface area (Å²) in [6.45, 7) is 4.48. The van der Waals surface area contributed by atoms with Crippen molar-refractivity contribution in [2.75, 3.05) is 6.54 Å². The summed E-state index contributed by atoms with van der Waals surface area (Å²) < 4.78 is 5.53. The highest BCUT2D eigenvalue weighted by Gasteiger charge is 2.10. The smallest absolute Gasteiger partial charge is 0.315 e. The Hall–Kier alpha value is -2.05. The SMILES string of the molecule is CCCc1nc(C)c(CNC(=O)NCCCC(=O)O)o1. The van der Waals surface area contributed by atoms with Crippen LogP contribution in [0.1, 0.15) is 43.5 Å². The molecule has 20 heavy (non-hydrogen) atoms. The molecule has 7 heteroatoms. The highest BCUT2D eigenvalue weighted by molar-refractivity contribution is 5.73. The van der Waals surface area contributed by atoms with Gasteiger partial charge in [0.25, 0.3) is 0 Å². The summed E-state index contributed by atoms with van der Waals surface area (Å²) >= 11 is 0. The first-order valence-electron chi connectivity index (χ1n) is 6.71. The van der Waals surface area contributed by atoms with Crippen LogP contribution in [0.15, 0.2) is 4.42 Å². The van der Waals surface area contributed by atoms with Crippen LogP contribution >= 0.6 is 0 Å². The van der Waals surface area contributed by atoms with Crippen LogP contribution in [0, 0.1) is 6.92 Å². The van der Waals surface area contributed by atoms with Gasteiger partial charge < -0.3 is 20.2 Å². The van der Waals surface area contributed by atoms with E-state index in [2.05, 4.69) is 15.6 Å². The molecule has 0 atom stereocenters. The first-order chi connectivity index (χ1) is 9.52. The van der Waals surface area contributed by atoms with E-state index in [4.69, 9.17) is 9.52 Å². The maximum Gasteiger partial charge on any atom is 0.315 e. The molecule has 0 aliphatic carbocycles. The van der Waals surface area contributed by atoms with Crippen LogP contribution in [0.25, 0.3) is 0 Å². The van der Waals surface area contributed by atoms with Crippen molar-refractivity contribution in [2.45, 2.75) is 46.1 Å². The number of urea groups is 1. The molecule has 0 bridgehead atoms. The van der Waals surface area contributed by atoms with Crippen LogP contribution < -0.4 is 10.6 Å². The molecule has 2 amide bonds. The Morgan fingerprint density at radius 2 is 2.10 bits per heavy atom. The number of carboxylic acids is 1. The summed E-state index contributed by atoms with van der Waals surface area (Å²) in [6, 6.07) is -0.344. The number of carboxylic acid groups (broad SMARTS) is 1. The first-order valence-corrected chi connectivity index (χ1v) is 6.71. The number of aliphatic carboxylic acids is 1. The topological polar surface area (TPSA) is 104 Å². The molecule has 0 radical (unpaired) electrons. The molecule has 1 heterocycles. The quantitative estimate of drug-likeness (QED) is 0.628. The van der Waals surface area contributed by atoms with Crippen molar-refractivity contribution in [3.8, 4) is 0 Å². The summed E-state index contributed by atoms with van der Waals surface area (Å²) in [5.41, 5.74) is 0.777. The van der Waals surface area contributed by atoms with E-state index in [0.29, 0.717) is 24.6 Å². The number of hydrogen-bond acceptors (Lipinski definition) is 4. The number of nitrogens with one attached hydrogen (secondary N) is 2. The van der Waals surface area contributed by atoms with Crippen LogP contribution in [0.2, 0.25) is 0 Å². The van der Waals surface area contributed by atoms with E-state index in [0.717, 1.165) is 18.5 Å². The number of aryl methyl sites for hydroxylation is 2. The number of carbonyl (C=O) groups is 2. The maximum atomic E-state index is 11.5. The summed E-state index contributed by atoms with van der Waals surface area (Å²) in [5.74, 6) is 0.464. The third-order valence-corrected chi connectivity index (χ3v) is 2.66. The second kappa shape index (κ2) is 8.19. The molecule has 1 rings (SSSR count). The average molecular weight is 283 g/mol. The summed E-state index contributed by atoms with van der Waals surface area (Å²) in [4.78, 5) is 26.0. The molecule has 1 aromatic rings. The molecular weight excluding hydrogens is 262 g/mol. The monoisotopic (exact) mass is 283 g/mol. The molecule has 0 saturated heterocycles. The van der Waals surface area contributed by atoms with Gasteiger partial charge >= 0.3 is 12.0 Å². The zero-order valence-corrected chi connectivity index (χ0v) is 11.9. The molecule has 0 saturated carbocycles. The van der Waals surface area contributed by atoms with E-state index in [-0.39, 0.29) is 19.0 Å². The molecule has 3 N–H and O–H groups in total. The van der Waals surface area contributed by atoms with E-state index in [9.17, 15) is 9.59 Å². The Morgan fingerprint density at radius 1 is 1.35 bits per heavy atom. The predicted octanol–water partition coefficient (Wildman–Crippen LogP) is 1.60. The van der Waals surface area contributed by atoms with Gasteiger partial charge in [-0.1, -0.05) is 6.92 Å². The molecular formula is C13H21N3O4. The Bertz CT molecular complexity index is 456. The second-order valence-electron chi connectivity index (χ2n) is 4.47. The van der Waals surface area contributed by atoms with Gasteiger partial charge in [-0.2, -0.15) is 0 Å². The normalized spacial score (nSPS) is 10.3. The fourth-order valence-electron chi connectivity index (χ4n) is 1.64. The van der Waals surface area contributed by atoms with Crippen molar-refractivity contribution in [2.24, 2.45) is 0 Å². The summed E-state index contributed by atoms with van der Waals surface area (Å²) in [5, 5.41) is 13.7. The first kappa shape index (κ1) is 16.0. The lowest BCUT2D eigenvalue weighted by atomic mass is 10.3. The van der Waals surface area contributed by atoms with Gasteiger partial charge in [-0.15, -0.1) is 0 Å². The number of rotatable bonds is 8. The molecule has 0 unspecified atom stereocenters. The van der Waals surface area contributed by atoms with Crippen molar-refractivity contribution in [1.82, 2.24) is 15.6 Å². The van der Waals surface area contributed by atoms with Crippen molar-refractivity contribution >= 4 is 12.0 Å². The van der Waals surface area contributed by atoms with Gasteiger partial charge in [-0.05, 0) is 19.8 Å². The van der Waals surface area contributed by atoms with Crippen LogP contribution in [0.3, 0.4) is 0 Å². The Labute approximate surface area is 117 Å². The third-order valence-electron chi connectivity index (χ3n) is 2.66. The average Bonchev–Trinajstić information content (AvgIpc) is 2.73. The number of hydrogen-bond donors (Lipinski definition) is 3. The van der Waals surface area contributed by atoms with Gasteiger partial charge in [0.05, 0.1) is 12.2 Å². The van der Waals surface area contributed by atoms with Gasteiger partial charge in [0.1, 0.15) is 5.76 Å². The summed E-state index contributed by atoms with van der Waals surface area (Å²) in [6.07, 6.45) is 2.19. The van der Waals surface area contributed by atoms with Crippen molar-refractivity contribution in [3.63, 3.8) is 0 Å². The molecule has 7 nitrogen and oxygen atoms in total. The Kier molecular flexibility index (Phi) is 6.55. The lowest BCUT2D eigenvalue weighted by molar-refractivity contribution is -0.137. The largest absolute Gasteiger partial charge is 0.481 e. The molecule has 0 fully saturated rings. The van der Waals surface area contributed by atoms with E-state index in [1.165, 1.54) is 0 Å². The van der Waals surface area contributed by atoms with E-state index < -0.39 is 5.97 Å². The van der Waals surface area contributed by atoms with Crippen molar-refractivity contribution in [1.29, 1.82) is 0 Å². The van der Waals surface area contributed by atoms with E-state index >= 15 is 0 Å². The van der Waals surface area contributed by atoms with E-state index in [1.807, 2.05) is 13.8 Å². The standard InChI is InChI=1S/C13H21N3O4/c1-3-5-11-16-9(2)10(20-11)8-15-13(19)14-7-4-6-12(17)18/h3-8H2,1-2H3,(H,17,18)(H2,14,15,19).